The maximum absolute atomic E-state index is 12.4. The molecule has 0 aromatic carbocycles. The van der Waals surface area contributed by atoms with Gasteiger partial charge in [0.05, 0.1) is 17.1 Å². The van der Waals surface area contributed by atoms with Gasteiger partial charge in [0.2, 0.25) is 5.91 Å². The van der Waals surface area contributed by atoms with Crippen LogP contribution < -0.4 is 0 Å². The Kier molecular flexibility index (Phi) is 6.44. The summed E-state index contributed by atoms with van der Waals surface area (Å²) >= 11 is 1.62. The lowest BCUT2D eigenvalue weighted by molar-refractivity contribution is -0.129. The second kappa shape index (κ2) is 9.20. The third-order valence-corrected chi connectivity index (χ3v) is 5.12. The number of pyridine rings is 2. The standard InChI is InChI=1S/C20H22N4OS/c1-24(13-9-16-7-11-21-12-8-16)20(25)14-18-15-26-19(23-18)6-5-17-4-2-3-10-22-17/h2-4,7-8,10-12,15H,5-6,9,13-14H2,1H3. The van der Waals surface area contributed by atoms with E-state index in [1.165, 1.54) is 5.56 Å². The number of hydrogen-bond donors (Lipinski definition) is 0. The van der Waals surface area contributed by atoms with E-state index in [4.69, 9.17) is 0 Å². The third-order valence-electron chi connectivity index (χ3n) is 4.16. The molecule has 0 atom stereocenters. The Bertz CT molecular complexity index is 820. The van der Waals surface area contributed by atoms with E-state index in [0.717, 1.165) is 35.7 Å². The summed E-state index contributed by atoms with van der Waals surface area (Å²) in [7, 11) is 1.85. The number of aryl methyl sites for hydroxylation is 2. The van der Waals surface area contributed by atoms with Crippen LogP contribution in [-0.4, -0.2) is 39.4 Å². The molecule has 0 saturated carbocycles. The molecule has 5 nitrogen and oxygen atoms in total. The molecule has 0 bridgehead atoms. The second-order valence-corrected chi connectivity index (χ2v) is 7.09. The molecule has 0 saturated heterocycles. The highest BCUT2D eigenvalue weighted by molar-refractivity contribution is 7.09. The number of carbonyl (C=O) groups excluding carboxylic acids is 1. The molecule has 3 rings (SSSR count). The zero-order valence-electron chi connectivity index (χ0n) is 14.8. The van der Waals surface area contributed by atoms with Crippen LogP contribution in [-0.2, 0) is 30.5 Å². The van der Waals surface area contributed by atoms with Crippen molar-refractivity contribution in [2.45, 2.75) is 25.7 Å². The number of aromatic nitrogens is 3. The molecule has 3 aromatic rings. The summed E-state index contributed by atoms with van der Waals surface area (Å²) in [6.45, 7) is 0.694. The highest BCUT2D eigenvalue weighted by Gasteiger charge is 2.12. The van der Waals surface area contributed by atoms with Crippen LogP contribution in [0.2, 0.25) is 0 Å². The number of likely N-dealkylation sites (N-methyl/N-ethyl adjacent to an activating group) is 1. The summed E-state index contributed by atoms with van der Waals surface area (Å²) in [6.07, 6.45) is 8.27. The molecule has 0 radical (unpaired) electrons. The van der Waals surface area contributed by atoms with Gasteiger partial charge in [0.15, 0.2) is 0 Å². The summed E-state index contributed by atoms with van der Waals surface area (Å²) in [5, 5.41) is 3.04. The normalized spacial score (nSPS) is 10.7. The largest absolute Gasteiger partial charge is 0.345 e. The van der Waals surface area contributed by atoms with E-state index in [0.29, 0.717) is 13.0 Å². The van der Waals surface area contributed by atoms with Gasteiger partial charge in [0.25, 0.3) is 0 Å². The van der Waals surface area contributed by atoms with Gasteiger partial charge < -0.3 is 4.90 Å². The minimum atomic E-state index is 0.0978. The van der Waals surface area contributed by atoms with Gasteiger partial charge in [-0.2, -0.15) is 0 Å². The van der Waals surface area contributed by atoms with Gasteiger partial charge in [-0.05, 0) is 42.7 Å². The van der Waals surface area contributed by atoms with Crippen molar-refractivity contribution in [2.24, 2.45) is 0 Å². The van der Waals surface area contributed by atoms with E-state index in [9.17, 15) is 4.79 Å². The first-order valence-corrected chi connectivity index (χ1v) is 9.55. The van der Waals surface area contributed by atoms with Crippen molar-refractivity contribution in [2.75, 3.05) is 13.6 Å². The lowest BCUT2D eigenvalue weighted by Gasteiger charge is -2.16. The van der Waals surface area contributed by atoms with E-state index in [2.05, 4.69) is 15.0 Å². The van der Waals surface area contributed by atoms with Gasteiger partial charge >= 0.3 is 0 Å². The molecule has 0 aliphatic heterocycles. The maximum Gasteiger partial charge on any atom is 0.228 e. The molecule has 1 amide bonds. The third kappa shape index (κ3) is 5.46. The average Bonchev–Trinajstić information content (AvgIpc) is 3.13. The first kappa shape index (κ1) is 18.2. The Morgan fingerprint density at radius 1 is 1.04 bits per heavy atom. The summed E-state index contributed by atoms with van der Waals surface area (Å²) in [6, 6.07) is 9.90. The van der Waals surface area contributed by atoms with Crippen LogP contribution in [0.5, 0.6) is 0 Å². The van der Waals surface area contributed by atoms with E-state index in [1.54, 1.807) is 28.6 Å². The van der Waals surface area contributed by atoms with Crippen LogP contribution in [0.15, 0.2) is 54.3 Å². The highest BCUT2D eigenvalue weighted by Crippen LogP contribution is 2.13. The molecule has 0 N–H and O–H groups in total. The predicted molar refractivity (Wildman–Crippen MR) is 103 cm³/mol. The zero-order valence-corrected chi connectivity index (χ0v) is 15.7. The maximum atomic E-state index is 12.4. The highest BCUT2D eigenvalue weighted by atomic mass is 32.1. The van der Waals surface area contributed by atoms with Crippen molar-refractivity contribution in [1.82, 2.24) is 19.9 Å². The lowest BCUT2D eigenvalue weighted by Crippen LogP contribution is -2.30. The van der Waals surface area contributed by atoms with Crippen LogP contribution in [0.1, 0.15) is 22.0 Å². The molecule has 0 spiro atoms. The number of thiazole rings is 1. The number of carbonyl (C=O) groups is 1. The molecule has 26 heavy (non-hydrogen) atoms. The van der Waals surface area contributed by atoms with Gasteiger partial charge in [-0.3, -0.25) is 14.8 Å². The Hall–Kier alpha value is -2.60. The Morgan fingerprint density at radius 3 is 2.65 bits per heavy atom. The van der Waals surface area contributed by atoms with Crippen molar-refractivity contribution in [1.29, 1.82) is 0 Å². The summed E-state index contributed by atoms with van der Waals surface area (Å²) in [4.78, 5) is 27.1. The van der Waals surface area contributed by atoms with Crippen LogP contribution in [0.4, 0.5) is 0 Å². The minimum Gasteiger partial charge on any atom is -0.345 e. The molecular formula is C20H22N4OS. The Balaban J connectivity index is 1.46. The molecule has 0 aliphatic rings. The summed E-state index contributed by atoms with van der Waals surface area (Å²) in [5.41, 5.74) is 3.10. The monoisotopic (exact) mass is 366 g/mol. The van der Waals surface area contributed by atoms with Gasteiger partial charge in [-0.15, -0.1) is 11.3 Å². The average molecular weight is 366 g/mol. The van der Waals surface area contributed by atoms with Crippen LogP contribution in [0, 0.1) is 0 Å². The number of rotatable bonds is 8. The molecule has 0 fully saturated rings. The number of hydrogen-bond acceptors (Lipinski definition) is 5. The van der Waals surface area contributed by atoms with Gasteiger partial charge in [-0.1, -0.05) is 6.07 Å². The van der Waals surface area contributed by atoms with Gasteiger partial charge in [-0.25, -0.2) is 4.98 Å². The van der Waals surface area contributed by atoms with E-state index in [-0.39, 0.29) is 5.91 Å². The fourth-order valence-electron chi connectivity index (χ4n) is 2.59. The van der Waals surface area contributed by atoms with Gasteiger partial charge in [0, 0.05) is 49.7 Å². The van der Waals surface area contributed by atoms with Crippen molar-refractivity contribution in [3.8, 4) is 0 Å². The van der Waals surface area contributed by atoms with E-state index in [1.807, 2.05) is 49.0 Å². The smallest absolute Gasteiger partial charge is 0.228 e. The molecule has 134 valence electrons. The molecule has 3 heterocycles. The first-order chi connectivity index (χ1) is 12.7. The van der Waals surface area contributed by atoms with Crippen molar-refractivity contribution >= 4 is 17.2 Å². The number of amides is 1. The fraction of sp³-hybridized carbons (Fsp3) is 0.300. The van der Waals surface area contributed by atoms with Crippen LogP contribution in [0.3, 0.4) is 0 Å². The quantitative estimate of drug-likeness (QED) is 0.615. The zero-order chi connectivity index (χ0) is 18.2. The topological polar surface area (TPSA) is 59.0 Å². The lowest BCUT2D eigenvalue weighted by atomic mass is 10.2. The summed E-state index contributed by atoms with van der Waals surface area (Å²) < 4.78 is 0. The molecule has 0 unspecified atom stereocenters. The SMILES string of the molecule is CN(CCc1ccncc1)C(=O)Cc1csc(CCc2ccccn2)n1. The van der Waals surface area contributed by atoms with Crippen LogP contribution in [0.25, 0.3) is 0 Å². The Labute approximate surface area is 157 Å². The van der Waals surface area contributed by atoms with Gasteiger partial charge in [0.1, 0.15) is 0 Å². The first-order valence-electron chi connectivity index (χ1n) is 8.67. The summed E-state index contributed by atoms with van der Waals surface area (Å²) in [5.74, 6) is 0.0978. The molecular weight excluding hydrogens is 344 g/mol. The van der Waals surface area contributed by atoms with E-state index >= 15 is 0 Å². The van der Waals surface area contributed by atoms with E-state index < -0.39 is 0 Å². The van der Waals surface area contributed by atoms with Crippen molar-refractivity contribution in [3.63, 3.8) is 0 Å². The Morgan fingerprint density at radius 2 is 1.88 bits per heavy atom. The number of nitrogens with zero attached hydrogens (tertiary/aromatic N) is 4. The molecule has 6 heteroatoms. The van der Waals surface area contributed by atoms with Crippen LogP contribution >= 0.6 is 11.3 Å². The van der Waals surface area contributed by atoms with Crippen molar-refractivity contribution in [3.05, 3.63) is 76.3 Å². The fourth-order valence-corrected chi connectivity index (χ4v) is 3.38. The molecule has 0 aliphatic carbocycles. The van der Waals surface area contributed by atoms with Crippen molar-refractivity contribution < 1.29 is 4.79 Å². The molecule has 3 aromatic heterocycles. The minimum absolute atomic E-state index is 0.0978. The second-order valence-electron chi connectivity index (χ2n) is 6.15. The predicted octanol–water partition coefficient (Wildman–Crippen LogP) is 2.96.